The molecule has 2 unspecified atom stereocenters. The van der Waals surface area contributed by atoms with E-state index < -0.39 is 0 Å². The predicted molar refractivity (Wildman–Crippen MR) is 68.3 cm³/mol. The average Bonchev–Trinajstić information content (AvgIpc) is 2.48. The van der Waals surface area contributed by atoms with Crippen molar-refractivity contribution in [2.24, 2.45) is 5.92 Å². The number of hydrogen-bond donors (Lipinski definition) is 1. The molecule has 0 spiro atoms. The normalized spacial score (nSPS) is 15.5. The molecule has 0 aliphatic rings. The molecule has 1 aromatic heterocycles. The second kappa shape index (κ2) is 5.50. The van der Waals surface area contributed by atoms with Gasteiger partial charge in [-0.3, -0.25) is 0 Å². The number of rotatable bonds is 4. The van der Waals surface area contributed by atoms with E-state index in [4.69, 9.17) is 11.6 Å². The van der Waals surface area contributed by atoms with Crippen LogP contribution in [0.1, 0.15) is 31.2 Å². The summed E-state index contributed by atoms with van der Waals surface area (Å²) in [7, 11) is 2.00. The molecule has 0 radical (unpaired) electrons. The maximum atomic E-state index is 6.01. The first kappa shape index (κ1) is 12.5. The molecule has 0 amide bonds. The highest BCUT2D eigenvalue weighted by Crippen LogP contribution is 2.37. The summed E-state index contributed by atoms with van der Waals surface area (Å²) in [5, 5.41) is 4.15. The molecule has 1 rings (SSSR count). The van der Waals surface area contributed by atoms with Gasteiger partial charge >= 0.3 is 0 Å². The minimum absolute atomic E-state index is 0.411. The van der Waals surface area contributed by atoms with Gasteiger partial charge in [0.15, 0.2) is 0 Å². The van der Waals surface area contributed by atoms with Gasteiger partial charge < -0.3 is 5.32 Å². The van der Waals surface area contributed by atoms with Crippen LogP contribution in [0.3, 0.4) is 0 Å². The minimum Gasteiger partial charge on any atom is -0.312 e. The topological polar surface area (TPSA) is 12.0 Å². The summed E-state index contributed by atoms with van der Waals surface area (Å²) in [5.41, 5.74) is 0. The van der Waals surface area contributed by atoms with Gasteiger partial charge in [-0.2, -0.15) is 0 Å². The number of halogens is 2. The third kappa shape index (κ3) is 2.72. The van der Waals surface area contributed by atoms with E-state index in [0.717, 1.165) is 8.81 Å². The van der Waals surface area contributed by atoms with Crippen LogP contribution in [-0.4, -0.2) is 7.05 Å². The predicted octanol–water partition coefficient (Wildman–Crippen LogP) is 4.47. The molecule has 0 saturated heterocycles. The third-order valence-corrected chi connectivity index (χ3v) is 5.05. The first-order valence-electron chi connectivity index (χ1n) is 4.72. The zero-order valence-electron chi connectivity index (χ0n) is 8.60. The fraction of sp³-hybridized carbons (Fsp3) is 0.600. The number of nitrogens with one attached hydrogen (secondary N) is 1. The van der Waals surface area contributed by atoms with Crippen LogP contribution in [0.2, 0.25) is 5.02 Å². The zero-order chi connectivity index (χ0) is 10.7. The molecule has 0 bridgehead atoms. The molecular formula is C10H15BrClNS. The van der Waals surface area contributed by atoms with E-state index in [0.29, 0.717) is 12.0 Å². The third-order valence-electron chi connectivity index (χ3n) is 2.49. The minimum atomic E-state index is 0.411. The van der Waals surface area contributed by atoms with Gasteiger partial charge in [0.05, 0.1) is 8.81 Å². The maximum absolute atomic E-state index is 6.01. The van der Waals surface area contributed by atoms with E-state index in [1.807, 2.05) is 13.1 Å². The smallest absolute Gasteiger partial charge is 0.0887 e. The molecule has 0 aliphatic carbocycles. The van der Waals surface area contributed by atoms with Crippen molar-refractivity contribution in [3.8, 4) is 0 Å². The maximum Gasteiger partial charge on any atom is 0.0887 e. The van der Waals surface area contributed by atoms with Gasteiger partial charge in [0, 0.05) is 10.9 Å². The zero-order valence-corrected chi connectivity index (χ0v) is 11.8. The number of hydrogen-bond acceptors (Lipinski definition) is 2. The van der Waals surface area contributed by atoms with Crippen LogP contribution in [0, 0.1) is 5.92 Å². The Balaban J connectivity index is 2.89. The molecule has 14 heavy (non-hydrogen) atoms. The average molecular weight is 297 g/mol. The summed E-state index contributed by atoms with van der Waals surface area (Å²) >= 11 is 11.2. The molecule has 1 aromatic rings. The van der Waals surface area contributed by atoms with Crippen molar-refractivity contribution >= 4 is 38.9 Å². The Bertz CT molecular complexity index is 281. The molecule has 4 heteroatoms. The first-order chi connectivity index (χ1) is 6.60. The van der Waals surface area contributed by atoms with E-state index in [-0.39, 0.29) is 0 Å². The second-order valence-electron chi connectivity index (χ2n) is 3.42. The molecular weight excluding hydrogens is 282 g/mol. The quantitative estimate of drug-likeness (QED) is 0.864. The lowest BCUT2D eigenvalue weighted by Gasteiger charge is -2.20. The molecule has 2 atom stereocenters. The molecule has 80 valence electrons. The highest BCUT2D eigenvalue weighted by Gasteiger charge is 2.19. The van der Waals surface area contributed by atoms with Crippen LogP contribution < -0.4 is 5.32 Å². The van der Waals surface area contributed by atoms with Crippen molar-refractivity contribution < 1.29 is 0 Å². The van der Waals surface area contributed by atoms with Gasteiger partial charge in [-0.15, -0.1) is 11.3 Å². The van der Waals surface area contributed by atoms with Crippen LogP contribution in [0.25, 0.3) is 0 Å². The molecule has 0 aromatic carbocycles. The van der Waals surface area contributed by atoms with Gasteiger partial charge in [0.2, 0.25) is 0 Å². The van der Waals surface area contributed by atoms with Crippen LogP contribution in [0.4, 0.5) is 0 Å². The van der Waals surface area contributed by atoms with Gasteiger partial charge in [-0.25, -0.2) is 0 Å². The van der Waals surface area contributed by atoms with Crippen LogP contribution in [0.5, 0.6) is 0 Å². The summed E-state index contributed by atoms with van der Waals surface area (Å²) in [6.07, 6.45) is 1.17. The summed E-state index contributed by atoms with van der Waals surface area (Å²) in [6, 6.07) is 2.46. The summed E-state index contributed by atoms with van der Waals surface area (Å²) in [4.78, 5) is 1.30. The second-order valence-corrected chi connectivity index (χ2v) is 6.23. The lowest BCUT2D eigenvalue weighted by Crippen LogP contribution is -2.21. The van der Waals surface area contributed by atoms with Crippen molar-refractivity contribution in [1.29, 1.82) is 0 Å². The Labute approximate surface area is 103 Å². The van der Waals surface area contributed by atoms with Gasteiger partial charge in [0.25, 0.3) is 0 Å². The standard InChI is InChI=1S/C10H15BrClNS/c1-4-6(2)9(13-3)8-5-7(12)10(11)14-8/h5-6,9,13H,4H2,1-3H3. The van der Waals surface area contributed by atoms with E-state index in [1.54, 1.807) is 11.3 Å². The summed E-state index contributed by atoms with van der Waals surface area (Å²) in [6.45, 7) is 4.46. The fourth-order valence-electron chi connectivity index (χ4n) is 1.46. The van der Waals surface area contributed by atoms with Crippen molar-refractivity contribution in [3.63, 3.8) is 0 Å². The van der Waals surface area contributed by atoms with Crippen molar-refractivity contribution in [3.05, 3.63) is 19.8 Å². The van der Waals surface area contributed by atoms with Crippen LogP contribution in [0.15, 0.2) is 9.85 Å². The van der Waals surface area contributed by atoms with E-state index in [2.05, 4.69) is 35.1 Å². The molecule has 1 nitrogen and oxygen atoms in total. The first-order valence-corrected chi connectivity index (χ1v) is 6.70. The lowest BCUT2D eigenvalue weighted by atomic mass is 9.98. The van der Waals surface area contributed by atoms with Gasteiger partial charge in [0.1, 0.15) is 0 Å². The molecule has 1 N–H and O–H groups in total. The molecule has 1 heterocycles. The lowest BCUT2D eigenvalue weighted by molar-refractivity contribution is 0.406. The van der Waals surface area contributed by atoms with Gasteiger partial charge in [-0.05, 0) is 35.0 Å². The van der Waals surface area contributed by atoms with Crippen LogP contribution in [-0.2, 0) is 0 Å². The van der Waals surface area contributed by atoms with E-state index in [1.165, 1.54) is 11.3 Å². The highest BCUT2D eigenvalue weighted by molar-refractivity contribution is 9.11. The van der Waals surface area contributed by atoms with Crippen molar-refractivity contribution in [2.45, 2.75) is 26.3 Å². The van der Waals surface area contributed by atoms with E-state index in [9.17, 15) is 0 Å². The van der Waals surface area contributed by atoms with Crippen molar-refractivity contribution in [1.82, 2.24) is 5.32 Å². The summed E-state index contributed by atoms with van der Waals surface area (Å²) < 4.78 is 1.03. The Morgan fingerprint density at radius 2 is 2.29 bits per heavy atom. The van der Waals surface area contributed by atoms with Crippen LogP contribution >= 0.6 is 38.9 Å². The van der Waals surface area contributed by atoms with E-state index >= 15 is 0 Å². The Kier molecular flexibility index (Phi) is 4.91. The SMILES string of the molecule is CCC(C)C(NC)c1cc(Cl)c(Br)s1. The Morgan fingerprint density at radius 3 is 2.64 bits per heavy atom. The Morgan fingerprint density at radius 1 is 1.64 bits per heavy atom. The molecule has 0 fully saturated rings. The van der Waals surface area contributed by atoms with Gasteiger partial charge in [-0.1, -0.05) is 31.9 Å². The monoisotopic (exact) mass is 295 g/mol. The molecule has 0 aliphatic heterocycles. The Hall–Kier alpha value is 0.430. The highest BCUT2D eigenvalue weighted by atomic mass is 79.9. The fourth-order valence-corrected chi connectivity index (χ4v) is 3.45. The summed E-state index contributed by atoms with van der Waals surface area (Å²) in [5.74, 6) is 0.626. The van der Waals surface area contributed by atoms with Crippen molar-refractivity contribution in [2.75, 3.05) is 7.05 Å². The largest absolute Gasteiger partial charge is 0.312 e. The molecule has 0 saturated carbocycles. The number of thiophene rings is 1.